The number of fused-ring (bicyclic) bond motifs is 14. The lowest BCUT2D eigenvalue weighted by Gasteiger charge is -2.38. The summed E-state index contributed by atoms with van der Waals surface area (Å²) in [7, 11) is 1.44. The lowest BCUT2D eigenvalue weighted by molar-refractivity contribution is -0.160. The predicted molar refractivity (Wildman–Crippen MR) is 237 cm³/mol. The molecule has 0 unspecified atom stereocenters. The third-order valence-electron chi connectivity index (χ3n) is 12.1. The fourth-order valence-electron chi connectivity index (χ4n) is 8.37. The van der Waals surface area contributed by atoms with Crippen LogP contribution in [0.25, 0.3) is 10.8 Å². The van der Waals surface area contributed by atoms with Crippen LogP contribution in [-0.4, -0.2) is 118 Å². The average molecular weight is 882 g/mol. The van der Waals surface area contributed by atoms with E-state index in [0.717, 1.165) is 12.8 Å². The number of phenols is 2. The van der Waals surface area contributed by atoms with Gasteiger partial charge in [-0.15, -0.1) is 0 Å². The van der Waals surface area contributed by atoms with E-state index in [2.05, 4.69) is 5.32 Å². The van der Waals surface area contributed by atoms with Crippen molar-refractivity contribution >= 4 is 40.0 Å². The Morgan fingerprint density at radius 3 is 2.16 bits per heavy atom. The van der Waals surface area contributed by atoms with E-state index in [1.54, 1.807) is 44.9 Å². The molecule has 0 spiro atoms. The molecular weight excluding hydrogens is 815 g/mol. The molecule has 16 nitrogen and oxygen atoms in total. The maximum Gasteiger partial charge on any atom is 0.312 e. The SMILES string of the molecule is CCCN(CCC)N(CC)C(=O)COc1cc2c(O)c3c(O)c(C)c4c(c13)C(=O)[C@@](C)(O/C=C/[C@H](OC)[C@@H](C)[C@@H](OC(C)=O)[C@H](C)[C@H](O)[C@H](C)[C@@H](O)[C@@H](C)/C=C/C=C(/C)C(=O)N2)O4. The van der Waals surface area contributed by atoms with Crippen LogP contribution in [0.3, 0.4) is 0 Å². The number of aliphatic hydroxyl groups excluding tert-OH is 2. The Hall–Kier alpha value is -5.16. The average Bonchev–Trinajstić information content (AvgIpc) is 3.51. The second-order valence-corrected chi connectivity index (χ2v) is 16.8. The predicted octanol–water partition coefficient (Wildman–Crippen LogP) is 6.31. The summed E-state index contributed by atoms with van der Waals surface area (Å²) in [6.07, 6.45) is 5.20. The van der Waals surface area contributed by atoms with Crippen molar-refractivity contribution in [1.29, 1.82) is 0 Å². The molecule has 3 heterocycles. The zero-order valence-electron chi connectivity index (χ0n) is 38.7. The highest BCUT2D eigenvalue weighted by Crippen LogP contribution is 2.54. The topological polar surface area (TPSA) is 214 Å². The van der Waals surface area contributed by atoms with Gasteiger partial charge in [0.15, 0.2) is 12.4 Å². The molecule has 5 bridgehead atoms. The van der Waals surface area contributed by atoms with E-state index in [9.17, 15) is 39.6 Å². The van der Waals surface area contributed by atoms with E-state index in [1.165, 1.54) is 59.3 Å². The number of nitrogens with zero attached hydrogens (tertiary/aromatic N) is 2. The first-order valence-corrected chi connectivity index (χ1v) is 21.7. The summed E-state index contributed by atoms with van der Waals surface area (Å²) in [4.78, 5) is 54.5. The van der Waals surface area contributed by atoms with Gasteiger partial charge in [0.25, 0.3) is 17.6 Å². The van der Waals surface area contributed by atoms with Crippen LogP contribution < -0.4 is 14.8 Å². The molecule has 0 radical (unpaired) electrons. The molecule has 2 amide bonds. The summed E-state index contributed by atoms with van der Waals surface area (Å²) in [5.41, 5.74) is -0.0142. The number of rotatable bonds is 11. The Kier molecular flexibility index (Phi) is 17.2. The number of allylic oxidation sites excluding steroid dienone is 2. The first-order valence-electron chi connectivity index (χ1n) is 21.7. The van der Waals surface area contributed by atoms with Crippen molar-refractivity contribution in [2.24, 2.45) is 23.7 Å². The fraction of sp³-hybridized carbons (Fsp3) is 0.574. The molecule has 5 N–H and O–H groups in total. The molecule has 0 aromatic heterocycles. The normalized spacial score (nSPS) is 28.8. The van der Waals surface area contributed by atoms with Crippen LogP contribution in [0, 0.1) is 30.6 Å². The van der Waals surface area contributed by atoms with Gasteiger partial charge >= 0.3 is 11.8 Å². The maximum atomic E-state index is 14.6. The molecule has 5 rings (SSSR count). The molecule has 0 aliphatic carbocycles. The van der Waals surface area contributed by atoms with Gasteiger partial charge in [-0.1, -0.05) is 59.8 Å². The van der Waals surface area contributed by atoms with E-state index >= 15 is 0 Å². The zero-order chi connectivity index (χ0) is 47.1. The number of methoxy groups -OCH3 is 1. The number of esters is 1. The molecular formula is C47H67N3O13. The number of phenolic OH excluding ortho intramolecular Hbond substituents is 2. The monoisotopic (exact) mass is 881 g/mol. The number of hydrazine groups is 1. The van der Waals surface area contributed by atoms with Crippen LogP contribution >= 0.6 is 0 Å². The zero-order valence-corrected chi connectivity index (χ0v) is 38.7. The van der Waals surface area contributed by atoms with Gasteiger partial charge in [-0.2, -0.15) is 0 Å². The number of carbonyl (C=O) groups excluding carboxylic acids is 4. The summed E-state index contributed by atoms with van der Waals surface area (Å²) >= 11 is 0. The number of aliphatic hydroxyl groups is 2. The molecule has 2 aromatic rings. The summed E-state index contributed by atoms with van der Waals surface area (Å²) in [5.74, 6) is -8.08. The molecule has 0 fully saturated rings. The number of ketones is 1. The number of amides is 2. The molecule has 0 saturated heterocycles. The van der Waals surface area contributed by atoms with Crippen molar-refractivity contribution in [2.45, 2.75) is 119 Å². The summed E-state index contributed by atoms with van der Waals surface area (Å²) in [5, 5.41) is 52.3. The second-order valence-electron chi connectivity index (χ2n) is 16.8. The molecule has 63 heavy (non-hydrogen) atoms. The van der Waals surface area contributed by atoms with Crippen molar-refractivity contribution in [1.82, 2.24) is 10.0 Å². The Balaban J connectivity index is 1.94. The van der Waals surface area contributed by atoms with E-state index in [1.807, 2.05) is 25.8 Å². The summed E-state index contributed by atoms with van der Waals surface area (Å²) < 4.78 is 30.0. The van der Waals surface area contributed by atoms with Crippen LogP contribution in [-0.2, 0) is 28.6 Å². The summed E-state index contributed by atoms with van der Waals surface area (Å²) in [6, 6.07) is 1.28. The van der Waals surface area contributed by atoms with Gasteiger partial charge in [-0.25, -0.2) is 5.01 Å². The third kappa shape index (κ3) is 10.8. The van der Waals surface area contributed by atoms with E-state index in [-0.39, 0.29) is 50.6 Å². The molecule has 3 aliphatic heterocycles. The standard InChI is InChI=1S/C47H67N3O13/c1-13-20-49(21-14-2)50(15-3)35(52)24-60-34-23-32-42(56)37-36(34)38-44(30(9)41(37)55)63-47(11,45(38)57)61-22-19-33(59-12)27(6)43(62-31(10)51)29(8)40(54)28(7)39(53)25(4)17-16-18-26(5)46(58)48-32/h16-19,22-23,25,27-29,33,39-40,43,53-56H,13-15,20-21,24H2,1-12H3,(H,48,58)/b17-16+,22-19+,26-18-/t25-,27+,28+,29+,33-,39-,40+,43+,47-/m0/s1. The largest absolute Gasteiger partial charge is 0.507 e. The van der Waals surface area contributed by atoms with Crippen molar-refractivity contribution in [3.8, 4) is 23.0 Å². The van der Waals surface area contributed by atoms with Crippen molar-refractivity contribution in [3.05, 3.63) is 53.3 Å². The Morgan fingerprint density at radius 1 is 0.921 bits per heavy atom. The van der Waals surface area contributed by atoms with Gasteiger partial charge in [-0.3, -0.25) is 24.2 Å². The minimum atomic E-state index is -2.04. The van der Waals surface area contributed by atoms with Crippen LogP contribution in [0.1, 0.15) is 98.0 Å². The molecule has 2 aromatic carbocycles. The lowest BCUT2D eigenvalue weighted by Crippen LogP contribution is -2.48. The number of benzene rings is 2. The molecule has 3 aliphatic rings. The minimum absolute atomic E-state index is 0.0588. The van der Waals surface area contributed by atoms with Crippen LogP contribution in [0.15, 0.2) is 42.2 Å². The third-order valence-corrected chi connectivity index (χ3v) is 12.1. The molecule has 348 valence electrons. The number of hydrogen-bond acceptors (Lipinski definition) is 14. The van der Waals surface area contributed by atoms with Crippen LogP contribution in [0.4, 0.5) is 5.69 Å². The number of likely N-dealkylation sites (N-methyl/N-ethyl adjacent to an activating group) is 1. The smallest absolute Gasteiger partial charge is 0.312 e. The number of ether oxygens (including phenoxy) is 5. The summed E-state index contributed by atoms with van der Waals surface area (Å²) in [6.45, 7) is 19.6. The number of carbonyl (C=O) groups is 4. The van der Waals surface area contributed by atoms with Crippen molar-refractivity contribution in [3.63, 3.8) is 0 Å². The van der Waals surface area contributed by atoms with E-state index in [4.69, 9.17) is 23.7 Å². The van der Waals surface area contributed by atoms with Gasteiger partial charge in [0.05, 0.1) is 41.2 Å². The number of nitrogens with one attached hydrogen (secondary N) is 1. The Bertz CT molecular complexity index is 2090. The lowest BCUT2D eigenvalue weighted by atomic mass is 9.78. The highest BCUT2D eigenvalue weighted by Gasteiger charge is 2.50. The minimum Gasteiger partial charge on any atom is -0.507 e. The number of aromatic hydroxyl groups is 2. The second kappa shape index (κ2) is 21.5. The van der Waals surface area contributed by atoms with Gasteiger partial charge in [0.1, 0.15) is 23.4 Å². The van der Waals surface area contributed by atoms with Crippen LogP contribution in [0.5, 0.6) is 23.0 Å². The van der Waals surface area contributed by atoms with E-state index < -0.39 is 89.6 Å². The maximum absolute atomic E-state index is 14.6. The van der Waals surface area contributed by atoms with Gasteiger partial charge in [0, 0.05) is 86.9 Å². The first-order chi connectivity index (χ1) is 29.7. The molecule has 0 saturated carbocycles. The van der Waals surface area contributed by atoms with E-state index in [0.29, 0.717) is 19.6 Å². The van der Waals surface area contributed by atoms with Crippen LogP contribution in [0.2, 0.25) is 0 Å². The first kappa shape index (κ1) is 50.5. The van der Waals surface area contributed by atoms with Gasteiger partial charge < -0.3 is 49.4 Å². The highest BCUT2D eigenvalue weighted by atomic mass is 16.7. The number of anilines is 1. The Labute approximate surface area is 370 Å². The Morgan fingerprint density at radius 2 is 1.57 bits per heavy atom. The molecule has 9 atom stereocenters. The molecule has 16 heteroatoms. The highest BCUT2D eigenvalue weighted by molar-refractivity contribution is 6.21. The van der Waals surface area contributed by atoms with Crippen molar-refractivity contribution < 1.29 is 63.3 Å². The number of hydrogen-bond donors (Lipinski definition) is 5. The van der Waals surface area contributed by atoms with Crippen molar-refractivity contribution in [2.75, 3.05) is 38.7 Å². The van der Waals surface area contributed by atoms with Gasteiger partial charge in [0.2, 0.25) is 0 Å². The number of Topliss-reactive ketones (excluding diaryl/α,β-unsaturated/α-hetero) is 1. The fourth-order valence-corrected chi connectivity index (χ4v) is 8.37. The van der Waals surface area contributed by atoms with Gasteiger partial charge in [-0.05, 0) is 39.7 Å². The quantitative estimate of drug-likeness (QED) is 0.0951.